The number of allylic oxidation sites excluding steroid dienone is 6. The molecule has 2 nitrogen and oxygen atoms in total. The molecule has 1 aromatic carbocycles. The Morgan fingerprint density at radius 3 is 2.45 bits per heavy atom. The fraction of sp³-hybridized carbons (Fsp3) is 0.613. The van der Waals surface area contributed by atoms with Gasteiger partial charge < -0.3 is 10.2 Å². The van der Waals surface area contributed by atoms with Gasteiger partial charge in [-0.3, -0.25) is 0 Å². The molecule has 2 aliphatic rings. The summed E-state index contributed by atoms with van der Waals surface area (Å²) in [5.41, 5.74) is 6.15. The van der Waals surface area contributed by atoms with Crippen molar-refractivity contribution in [1.29, 1.82) is 0 Å². The first-order chi connectivity index (χ1) is 15.5. The molecule has 3 atom stereocenters. The molecule has 0 saturated heterocycles. The largest absolute Gasteiger partial charge is 0.508 e. The predicted octanol–water partition coefficient (Wildman–Crippen LogP) is 8.89. The van der Waals surface area contributed by atoms with Gasteiger partial charge in [0.2, 0.25) is 0 Å². The van der Waals surface area contributed by atoms with E-state index in [2.05, 4.69) is 59.8 Å². The number of aromatic hydroxyl groups is 2. The summed E-state index contributed by atoms with van der Waals surface area (Å²) in [6.07, 6.45) is 17.9. The quantitative estimate of drug-likeness (QED) is 0.306. The topological polar surface area (TPSA) is 40.5 Å². The maximum atomic E-state index is 9.95. The Kier molecular flexibility index (Phi) is 8.19. The summed E-state index contributed by atoms with van der Waals surface area (Å²) in [7, 11) is 0. The molecular formula is C31H46O2. The molecule has 0 spiro atoms. The van der Waals surface area contributed by atoms with Gasteiger partial charge in [-0.25, -0.2) is 0 Å². The maximum Gasteiger partial charge on any atom is 0.119 e. The summed E-state index contributed by atoms with van der Waals surface area (Å²) in [4.78, 5) is 0. The fourth-order valence-corrected chi connectivity index (χ4v) is 6.78. The zero-order valence-electron chi connectivity index (χ0n) is 21.9. The van der Waals surface area contributed by atoms with E-state index in [1.54, 1.807) is 17.7 Å². The first-order valence-electron chi connectivity index (χ1n) is 13.0. The number of benzene rings is 1. The van der Waals surface area contributed by atoms with Crippen LogP contribution in [0.15, 0.2) is 53.1 Å². The molecule has 0 aliphatic heterocycles. The average molecular weight is 451 g/mol. The fourth-order valence-electron chi connectivity index (χ4n) is 6.78. The molecule has 2 N–H and O–H groups in total. The Labute approximate surface area is 202 Å². The summed E-state index contributed by atoms with van der Waals surface area (Å²) in [6, 6.07) is 4.72. The van der Waals surface area contributed by atoms with Crippen molar-refractivity contribution in [2.45, 2.75) is 99.3 Å². The number of phenols is 2. The van der Waals surface area contributed by atoms with E-state index in [4.69, 9.17) is 0 Å². The Hall–Kier alpha value is -1.96. The van der Waals surface area contributed by atoms with Gasteiger partial charge in [-0.15, -0.1) is 0 Å². The molecule has 1 saturated carbocycles. The van der Waals surface area contributed by atoms with Gasteiger partial charge in [0.1, 0.15) is 11.5 Å². The number of hydrogen-bond acceptors (Lipinski definition) is 2. The molecule has 33 heavy (non-hydrogen) atoms. The first-order valence-corrected chi connectivity index (χ1v) is 13.0. The first kappa shape index (κ1) is 25.7. The van der Waals surface area contributed by atoms with Crippen molar-refractivity contribution in [3.63, 3.8) is 0 Å². The maximum absolute atomic E-state index is 9.95. The van der Waals surface area contributed by atoms with Crippen LogP contribution in [0.1, 0.15) is 98.5 Å². The van der Waals surface area contributed by atoms with E-state index < -0.39 is 0 Å². The second-order valence-electron chi connectivity index (χ2n) is 11.8. The van der Waals surface area contributed by atoms with Gasteiger partial charge in [0.05, 0.1) is 0 Å². The smallest absolute Gasteiger partial charge is 0.119 e. The van der Waals surface area contributed by atoms with E-state index in [-0.39, 0.29) is 11.5 Å². The van der Waals surface area contributed by atoms with Crippen molar-refractivity contribution in [1.82, 2.24) is 0 Å². The summed E-state index contributed by atoms with van der Waals surface area (Å²) in [6.45, 7) is 14.4. The summed E-state index contributed by atoms with van der Waals surface area (Å²) in [5, 5.41) is 19.6. The number of phenolic OH excluding ortho intramolecular Hbond substituents is 2. The van der Waals surface area contributed by atoms with E-state index in [1.807, 2.05) is 0 Å². The highest BCUT2D eigenvalue weighted by Crippen LogP contribution is 2.60. The molecule has 2 aliphatic carbocycles. The molecule has 1 aromatic rings. The van der Waals surface area contributed by atoms with Gasteiger partial charge >= 0.3 is 0 Å². The molecule has 3 rings (SSSR count). The Morgan fingerprint density at radius 2 is 1.73 bits per heavy atom. The highest BCUT2D eigenvalue weighted by atomic mass is 16.3. The summed E-state index contributed by atoms with van der Waals surface area (Å²) >= 11 is 0. The monoisotopic (exact) mass is 450 g/mol. The summed E-state index contributed by atoms with van der Waals surface area (Å²) in [5.74, 6) is 1.94. The predicted molar refractivity (Wildman–Crippen MR) is 141 cm³/mol. The van der Waals surface area contributed by atoms with E-state index in [0.717, 1.165) is 30.7 Å². The normalized spacial score (nSPS) is 27.8. The minimum Gasteiger partial charge on any atom is -0.508 e. The lowest BCUT2D eigenvalue weighted by Gasteiger charge is -2.56. The van der Waals surface area contributed by atoms with Gasteiger partial charge in [0.25, 0.3) is 0 Å². The number of rotatable bonds is 8. The lowest BCUT2D eigenvalue weighted by molar-refractivity contribution is -0.0361. The van der Waals surface area contributed by atoms with Crippen LogP contribution in [0.5, 0.6) is 11.5 Å². The summed E-state index contributed by atoms with van der Waals surface area (Å²) < 4.78 is 0. The van der Waals surface area contributed by atoms with Gasteiger partial charge in [-0.1, -0.05) is 62.1 Å². The lowest BCUT2D eigenvalue weighted by atomic mass is 9.48. The molecule has 182 valence electrons. The van der Waals surface area contributed by atoms with Gasteiger partial charge in [0.15, 0.2) is 0 Å². The van der Waals surface area contributed by atoms with Crippen LogP contribution in [0.25, 0.3) is 0 Å². The third-order valence-electron chi connectivity index (χ3n) is 8.87. The average Bonchev–Trinajstić information content (AvgIpc) is 2.73. The Morgan fingerprint density at radius 1 is 1.03 bits per heavy atom. The highest BCUT2D eigenvalue weighted by Gasteiger charge is 2.51. The van der Waals surface area contributed by atoms with Crippen molar-refractivity contribution in [2.24, 2.45) is 22.7 Å². The van der Waals surface area contributed by atoms with Crippen molar-refractivity contribution in [3.8, 4) is 11.5 Å². The highest BCUT2D eigenvalue weighted by molar-refractivity contribution is 5.39. The minimum atomic E-state index is 0.203. The van der Waals surface area contributed by atoms with Crippen LogP contribution in [0.2, 0.25) is 0 Å². The second kappa shape index (κ2) is 10.5. The van der Waals surface area contributed by atoms with Gasteiger partial charge in [-0.2, -0.15) is 0 Å². The van der Waals surface area contributed by atoms with Gasteiger partial charge in [-0.05, 0) is 113 Å². The Bertz CT molecular complexity index is 917. The van der Waals surface area contributed by atoms with Crippen LogP contribution in [-0.2, 0) is 6.42 Å². The molecular weight excluding hydrogens is 404 g/mol. The molecule has 0 amide bonds. The van der Waals surface area contributed by atoms with Crippen molar-refractivity contribution < 1.29 is 10.2 Å². The molecule has 0 heterocycles. The number of hydrogen-bond donors (Lipinski definition) is 2. The molecule has 0 unspecified atom stereocenters. The van der Waals surface area contributed by atoms with Crippen molar-refractivity contribution in [2.75, 3.05) is 0 Å². The van der Waals surface area contributed by atoms with E-state index in [1.165, 1.54) is 49.3 Å². The zero-order valence-corrected chi connectivity index (χ0v) is 21.9. The SMILES string of the molecule is CC(=CC[C@H]1C(C)=CC[C@H]2C(C)(C)CCC[C@]12C)CCC/C(C)=C/Cc1cc(O)ccc1O. The molecule has 0 aromatic heterocycles. The van der Waals surface area contributed by atoms with Crippen LogP contribution in [0, 0.1) is 22.7 Å². The van der Waals surface area contributed by atoms with Gasteiger partial charge in [0, 0.05) is 5.56 Å². The molecule has 0 bridgehead atoms. The van der Waals surface area contributed by atoms with Crippen LogP contribution in [0.3, 0.4) is 0 Å². The van der Waals surface area contributed by atoms with Crippen LogP contribution < -0.4 is 0 Å². The van der Waals surface area contributed by atoms with E-state index >= 15 is 0 Å². The standard InChI is InChI=1S/C31H46O2/c1-22(11-14-25-21-26(32)15-17-28(25)33)9-7-10-23(2)12-16-27-24(3)13-18-29-30(4,5)19-8-20-31(27,29)6/h11-13,15,17,21,27,29,32-33H,7-10,14,16,18-20H2,1-6H3/b22-11+,23-12?/t27-,29-,31+/m0/s1. The second-order valence-corrected chi connectivity index (χ2v) is 11.8. The third kappa shape index (κ3) is 6.14. The van der Waals surface area contributed by atoms with Crippen molar-refractivity contribution in [3.05, 3.63) is 58.7 Å². The zero-order chi connectivity index (χ0) is 24.2. The van der Waals surface area contributed by atoms with Crippen molar-refractivity contribution >= 4 is 0 Å². The number of fused-ring (bicyclic) bond motifs is 1. The molecule has 1 fully saturated rings. The van der Waals surface area contributed by atoms with Crippen LogP contribution in [0.4, 0.5) is 0 Å². The lowest BCUT2D eigenvalue weighted by Crippen LogP contribution is -2.48. The van der Waals surface area contributed by atoms with Crippen LogP contribution in [-0.4, -0.2) is 10.2 Å². The Balaban J connectivity index is 1.53. The minimum absolute atomic E-state index is 0.203. The van der Waals surface area contributed by atoms with Crippen LogP contribution >= 0.6 is 0 Å². The molecule has 2 heteroatoms. The molecule has 0 radical (unpaired) electrons. The van der Waals surface area contributed by atoms with E-state index in [0.29, 0.717) is 23.2 Å². The van der Waals surface area contributed by atoms with E-state index in [9.17, 15) is 10.2 Å². The third-order valence-corrected chi connectivity index (χ3v) is 8.87.